The molecule has 0 aliphatic carbocycles. The maximum absolute atomic E-state index is 14.2. The number of thiocarbonyl (C=S) groups is 1. The van der Waals surface area contributed by atoms with Crippen LogP contribution in [0.2, 0.25) is 10.0 Å². The van der Waals surface area contributed by atoms with Crippen LogP contribution in [0.1, 0.15) is 23.4 Å². The number of amides is 1. The normalized spacial score (nSPS) is 22.8. The number of rotatable bonds is 5. The number of nitrogens with one attached hydrogen (secondary N) is 2. The van der Waals surface area contributed by atoms with Gasteiger partial charge in [-0.25, -0.2) is 28.6 Å². The number of hydrogen-bond acceptors (Lipinski definition) is 6. The summed E-state index contributed by atoms with van der Waals surface area (Å²) in [4.78, 5) is 29.2. The van der Waals surface area contributed by atoms with E-state index >= 15 is 0 Å². The van der Waals surface area contributed by atoms with Crippen molar-refractivity contribution < 1.29 is 22.8 Å². The van der Waals surface area contributed by atoms with Crippen molar-refractivity contribution in [2.24, 2.45) is 4.99 Å². The molecule has 4 rings (SSSR count). The minimum Gasteiger partial charge on any atom is -0.362 e. The highest BCUT2D eigenvalue weighted by molar-refractivity contribution is 7.80. The first kappa shape index (κ1) is 22.8. The third kappa shape index (κ3) is 4.17. The quantitative estimate of drug-likeness (QED) is 0.481. The molecule has 1 aromatic carbocycles. The van der Waals surface area contributed by atoms with Gasteiger partial charge in [-0.3, -0.25) is 14.6 Å². The van der Waals surface area contributed by atoms with Crippen LogP contribution in [0.25, 0.3) is 0 Å². The van der Waals surface area contributed by atoms with Crippen LogP contribution in [0.3, 0.4) is 0 Å². The highest BCUT2D eigenvalue weighted by Gasteiger charge is 2.47. The summed E-state index contributed by atoms with van der Waals surface area (Å²) in [7, 11) is 0. The summed E-state index contributed by atoms with van der Waals surface area (Å²) < 4.78 is 42.1. The monoisotopic (exact) mass is 503 g/mol. The van der Waals surface area contributed by atoms with E-state index in [0.29, 0.717) is 5.56 Å². The van der Waals surface area contributed by atoms with Crippen LogP contribution in [0.4, 0.5) is 13.2 Å². The van der Waals surface area contributed by atoms with Crippen LogP contribution in [0.15, 0.2) is 29.5 Å². The van der Waals surface area contributed by atoms with Gasteiger partial charge in [-0.15, -0.1) is 0 Å². The molecule has 2 unspecified atom stereocenters. The number of carbonyl (C=O) groups is 1. The minimum absolute atomic E-state index is 0.0849. The van der Waals surface area contributed by atoms with Crippen LogP contribution in [0.5, 0.6) is 0 Å². The molecule has 13 heteroatoms. The Morgan fingerprint density at radius 3 is 2.50 bits per heavy atom. The van der Waals surface area contributed by atoms with Crippen molar-refractivity contribution in [3.8, 4) is 0 Å². The topological polar surface area (TPSA) is 88.5 Å². The number of benzene rings is 1. The summed E-state index contributed by atoms with van der Waals surface area (Å²) in [5.41, 5.74) is 1.25. The summed E-state index contributed by atoms with van der Waals surface area (Å²) in [5.74, 6) is -1.07. The first-order valence-electron chi connectivity index (χ1n) is 9.22. The van der Waals surface area contributed by atoms with Crippen molar-refractivity contribution >= 4 is 52.0 Å². The molecule has 2 atom stereocenters. The number of alkyl halides is 2. The largest absolute Gasteiger partial charge is 0.362 e. The molecule has 3 heterocycles. The highest BCUT2D eigenvalue weighted by atomic mass is 35.5. The zero-order chi connectivity index (χ0) is 23.0. The SMILES string of the molecule is O=C1NOCC1NC(=S)c1cnc(C2=NCC(c3cc(Cl)c(F)c(Cl)c3)(C(F)F)C2)nc1. The summed E-state index contributed by atoms with van der Waals surface area (Å²) >= 11 is 16.9. The molecule has 0 saturated carbocycles. The number of hydroxylamine groups is 1. The Bertz CT molecular complexity index is 1100. The van der Waals surface area contributed by atoms with Gasteiger partial charge in [0.1, 0.15) is 17.6 Å². The third-order valence-corrected chi connectivity index (χ3v) is 6.13. The van der Waals surface area contributed by atoms with Crippen LogP contribution >= 0.6 is 35.4 Å². The first-order valence-corrected chi connectivity index (χ1v) is 10.4. The Morgan fingerprint density at radius 1 is 1.28 bits per heavy atom. The summed E-state index contributed by atoms with van der Waals surface area (Å²) in [6.07, 6.45) is -0.203. The van der Waals surface area contributed by atoms with E-state index in [9.17, 15) is 18.0 Å². The fourth-order valence-corrected chi connectivity index (χ4v) is 4.13. The van der Waals surface area contributed by atoms with Crippen molar-refractivity contribution in [2.45, 2.75) is 24.3 Å². The van der Waals surface area contributed by atoms with E-state index in [1.54, 1.807) is 0 Å². The molecule has 0 radical (unpaired) electrons. The molecule has 32 heavy (non-hydrogen) atoms. The number of aliphatic imine (C=N–C) groups is 1. The Morgan fingerprint density at radius 2 is 1.94 bits per heavy atom. The lowest BCUT2D eigenvalue weighted by Gasteiger charge is -2.28. The molecule has 1 fully saturated rings. The van der Waals surface area contributed by atoms with E-state index in [4.69, 9.17) is 40.3 Å². The van der Waals surface area contributed by atoms with E-state index in [-0.39, 0.29) is 57.6 Å². The fraction of sp³-hybridized carbons (Fsp3) is 0.316. The predicted octanol–water partition coefficient (Wildman–Crippen LogP) is 3.01. The third-order valence-electron chi connectivity index (χ3n) is 5.23. The van der Waals surface area contributed by atoms with Gasteiger partial charge in [-0.1, -0.05) is 35.4 Å². The number of halogens is 5. The minimum atomic E-state index is -2.82. The van der Waals surface area contributed by atoms with Crippen molar-refractivity contribution in [3.05, 3.63) is 57.3 Å². The molecular weight excluding hydrogens is 490 g/mol. The van der Waals surface area contributed by atoms with Crippen molar-refractivity contribution in [1.29, 1.82) is 0 Å². The molecule has 2 aromatic rings. The lowest BCUT2D eigenvalue weighted by molar-refractivity contribution is -0.124. The van der Waals surface area contributed by atoms with E-state index in [1.165, 1.54) is 12.4 Å². The maximum Gasteiger partial charge on any atom is 0.268 e. The average Bonchev–Trinajstić information content (AvgIpc) is 3.39. The number of carbonyl (C=O) groups excluding carboxylic acids is 1. The summed E-state index contributed by atoms with van der Waals surface area (Å²) in [5, 5.41) is 2.14. The predicted molar refractivity (Wildman–Crippen MR) is 115 cm³/mol. The average molecular weight is 504 g/mol. The van der Waals surface area contributed by atoms with Gasteiger partial charge in [0, 0.05) is 24.4 Å². The van der Waals surface area contributed by atoms with Crippen LogP contribution in [-0.2, 0) is 15.0 Å². The van der Waals surface area contributed by atoms with Crippen molar-refractivity contribution in [1.82, 2.24) is 20.8 Å². The number of aromatic nitrogens is 2. The standard InChI is InChI=1S/C19H14Cl2F3N5O2S/c20-10-1-9(2-11(21)14(10)22)19(18(23)24)3-12(27-7-19)15-25-4-8(5-26-15)17(32)28-13-6-31-29-16(13)30/h1-2,4-5,13,18H,3,6-7H2,(H,28,32)(H,29,30). The Balaban J connectivity index is 1.53. The molecule has 1 aromatic heterocycles. The summed E-state index contributed by atoms with van der Waals surface area (Å²) in [6, 6.07) is 1.65. The van der Waals surface area contributed by atoms with E-state index in [1.807, 2.05) is 0 Å². The van der Waals surface area contributed by atoms with Crippen LogP contribution in [-0.4, -0.2) is 52.2 Å². The second-order valence-corrected chi connectivity index (χ2v) is 8.47. The van der Waals surface area contributed by atoms with Gasteiger partial charge in [0.05, 0.1) is 27.7 Å². The molecule has 1 saturated heterocycles. The second-order valence-electron chi connectivity index (χ2n) is 7.25. The van der Waals surface area contributed by atoms with E-state index in [0.717, 1.165) is 12.1 Å². The molecule has 168 valence electrons. The lowest BCUT2D eigenvalue weighted by atomic mass is 9.78. The first-order chi connectivity index (χ1) is 15.2. The van der Waals surface area contributed by atoms with Crippen LogP contribution in [0, 0.1) is 5.82 Å². The number of nitrogens with zero attached hydrogens (tertiary/aromatic N) is 3. The fourth-order valence-electron chi connectivity index (χ4n) is 3.39. The van der Waals surface area contributed by atoms with Gasteiger partial charge < -0.3 is 5.32 Å². The maximum atomic E-state index is 14.2. The Hall–Kier alpha value is -2.34. The van der Waals surface area contributed by atoms with Gasteiger partial charge in [-0.05, 0) is 17.7 Å². The van der Waals surface area contributed by atoms with E-state index < -0.39 is 23.7 Å². The van der Waals surface area contributed by atoms with E-state index in [2.05, 4.69) is 25.8 Å². The van der Waals surface area contributed by atoms with Crippen LogP contribution < -0.4 is 10.8 Å². The molecule has 2 aliphatic heterocycles. The highest BCUT2D eigenvalue weighted by Crippen LogP contribution is 2.42. The zero-order valence-corrected chi connectivity index (χ0v) is 18.4. The Kier molecular flexibility index (Phi) is 6.35. The van der Waals surface area contributed by atoms with Gasteiger partial charge in [0.2, 0.25) is 6.43 Å². The lowest BCUT2D eigenvalue weighted by Crippen LogP contribution is -2.41. The molecule has 0 spiro atoms. The van der Waals surface area contributed by atoms with Crippen molar-refractivity contribution in [3.63, 3.8) is 0 Å². The van der Waals surface area contributed by atoms with Gasteiger partial charge in [-0.2, -0.15) is 0 Å². The molecule has 7 nitrogen and oxygen atoms in total. The van der Waals surface area contributed by atoms with Gasteiger partial charge in [0.15, 0.2) is 11.6 Å². The van der Waals surface area contributed by atoms with Gasteiger partial charge in [0.25, 0.3) is 5.91 Å². The Labute approximate surface area is 195 Å². The number of hydrogen-bond donors (Lipinski definition) is 2. The zero-order valence-electron chi connectivity index (χ0n) is 16.0. The second kappa shape index (κ2) is 8.89. The molecule has 2 N–H and O–H groups in total. The molecular formula is C19H14Cl2F3N5O2S. The smallest absolute Gasteiger partial charge is 0.268 e. The molecule has 2 aliphatic rings. The van der Waals surface area contributed by atoms with Crippen molar-refractivity contribution in [2.75, 3.05) is 13.2 Å². The molecule has 0 bridgehead atoms. The van der Waals surface area contributed by atoms with Gasteiger partial charge >= 0.3 is 0 Å². The summed E-state index contributed by atoms with van der Waals surface area (Å²) in [6.45, 7) is -0.151. The molecule has 1 amide bonds.